The van der Waals surface area contributed by atoms with Crippen molar-refractivity contribution < 1.29 is 12.8 Å². The molecule has 0 fully saturated rings. The maximum absolute atomic E-state index is 12.4. The van der Waals surface area contributed by atoms with E-state index in [1.54, 1.807) is 12.1 Å². The van der Waals surface area contributed by atoms with Crippen LogP contribution in [0.2, 0.25) is 18.1 Å². The zero-order valence-corrected chi connectivity index (χ0v) is 17.1. The third kappa shape index (κ3) is 4.91. The summed E-state index contributed by atoms with van der Waals surface area (Å²) in [4.78, 5) is 0.393. The second-order valence-electron chi connectivity index (χ2n) is 6.84. The van der Waals surface area contributed by atoms with Crippen molar-refractivity contribution in [1.29, 1.82) is 0 Å². The lowest BCUT2D eigenvalue weighted by Gasteiger charge is -2.36. The van der Waals surface area contributed by atoms with Gasteiger partial charge in [-0.05, 0) is 48.8 Å². The molecule has 0 saturated carbocycles. The van der Waals surface area contributed by atoms with E-state index in [9.17, 15) is 8.42 Å². The number of halogens is 1. The second-order valence-corrected chi connectivity index (χ2v) is 14.6. The van der Waals surface area contributed by atoms with Gasteiger partial charge >= 0.3 is 0 Å². The number of sulfone groups is 1. The van der Waals surface area contributed by atoms with Gasteiger partial charge in [-0.3, -0.25) is 0 Å². The van der Waals surface area contributed by atoms with Crippen molar-refractivity contribution in [2.45, 2.75) is 50.7 Å². The van der Waals surface area contributed by atoms with E-state index < -0.39 is 18.2 Å². The van der Waals surface area contributed by atoms with Crippen LogP contribution in [0.15, 0.2) is 27.6 Å². The van der Waals surface area contributed by atoms with Crippen LogP contribution in [0.3, 0.4) is 0 Å². The van der Waals surface area contributed by atoms with Crippen LogP contribution in [0.5, 0.6) is 0 Å². The molecule has 0 aliphatic carbocycles. The van der Waals surface area contributed by atoms with Gasteiger partial charge in [0.05, 0.1) is 10.6 Å². The van der Waals surface area contributed by atoms with E-state index in [0.717, 1.165) is 10.0 Å². The Bertz CT molecular complexity index is 604. The predicted octanol–water partition coefficient (Wildman–Crippen LogP) is 4.55. The Morgan fingerprint density at radius 2 is 1.81 bits per heavy atom. The molecule has 0 bridgehead atoms. The Hall–Kier alpha value is -0.173. The summed E-state index contributed by atoms with van der Waals surface area (Å²) in [7, 11) is -5.20. The number of aryl methyl sites for hydroxylation is 1. The topological polar surface area (TPSA) is 43.4 Å². The van der Waals surface area contributed by atoms with Gasteiger partial charge in [0.25, 0.3) is 0 Å². The molecule has 1 aromatic carbocycles. The summed E-state index contributed by atoms with van der Waals surface area (Å²) < 4.78 is 31.7. The van der Waals surface area contributed by atoms with Crippen LogP contribution in [-0.2, 0) is 14.3 Å². The molecule has 0 heterocycles. The van der Waals surface area contributed by atoms with Crippen molar-refractivity contribution in [3.63, 3.8) is 0 Å². The van der Waals surface area contributed by atoms with Gasteiger partial charge in [-0.1, -0.05) is 36.7 Å². The van der Waals surface area contributed by atoms with Crippen LogP contribution in [0, 0.1) is 6.92 Å². The first kappa shape index (κ1) is 18.9. The Balaban J connectivity index is 2.79. The second kappa shape index (κ2) is 6.52. The standard InChI is InChI=1S/C15H25BrO3SSi/c1-12-11-13(16)7-8-14(12)20(17,18)10-9-19-21(5,6)15(2,3)4/h7-8,11H,9-10H2,1-6H3. The molecule has 0 spiro atoms. The van der Waals surface area contributed by atoms with E-state index in [1.807, 2.05) is 13.0 Å². The molecule has 0 atom stereocenters. The molecule has 0 aliphatic rings. The Morgan fingerprint density at radius 3 is 2.29 bits per heavy atom. The molecular formula is C15H25BrO3SSi. The lowest BCUT2D eigenvalue weighted by Crippen LogP contribution is -2.41. The lowest BCUT2D eigenvalue weighted by molar-refractivity contribution is 0.309. The Morgan fingerprint density at radius 1 is 1.24 bits per heavy atom. The minimum absolute atomic E-state index is 0.0297. The van der Waals surface area contributed by atoms with Crippen molar-refractivity contribution in [2.24, 2.45) is 0 Å². The van der Waals surface area contributed by atoms with Gasteiger partial charge in [-0.2, -0.15) is 0 Å². The summed E-state index contributed by atoms with van der Waals surface area (Å²) in [6, 6.07) is 5.23. The zero-order valence-electron chi connectivity index (χ0n) is 13.7. The molecule has 6 heteroatoms. The number of hydrogen-bond acceptors (Lipinski definition) is 3. The molecule has 0 N–H and O–H groups in total. The maximum atomic E-state index is 12.4. The van der Waals surface area contributed by atoms with Crippen molar-refractivity contribution in [3.05, 3.63) is 28.2 Å². The summed E-state index contributed by atoms with van der Waals surface area (Å²) in [5, 5.41) is 0.0876. The zero-order chi connectivity index (χ0) is 16.5. The van der Waals surface area contributed by atoms with Crippen LogP contribution < -0.4 is 0 Å². The first-order valence-electron chi connectivity index (χ1n) is 7.00. The van der Waals surface area contributed by atoms with Gasteiger partial charge < -0.3 is 4.43 Å². The fourth-order valence-electron chi connectivity index (χ4n) is 1.69. The fourth-order valence-corrected chi connectivity index (χ4v) is 4.71. The molecule has 120 valence electrons. The van der Waals surface area contributed by atoms with Gasteiger partial charge in [0.2, 0.25) is 0 Å². The van der Waals surface area contributed by atoms with Gasteiger partial charge in [0.15, 0.2) is 18.2 Å². The highest BCUT2D eigenvalue weighted by atomic mass is 79.9. The largest absolute Gasteiger partial charge is 0.416 e. The Kier molecular flexibility index (Phi) is 5.86. The maximum Gasteiger partial charge on any atom is 0.192 e. The fraction of sp³-hybridized carbons (Fsp3) is 0.600. The predicted molar refractivity (Wildman–Crippen MR) is 94.1 cm³/mol. The number of benzene rings is 1. The third-order valence-electron chi connectivity index (χ3n) is 4.09. The first-order valence-corrected chi connectivity index (χ1v) is 12.3. The van der Waals surface area contributed by atoms with E-state index in [1.165, 1.54) is 0 Å². The van der Waals surface area contributed by atoms with Gasteiger partial charge in [0.1, 0.15) is 0 Å². The monoisotopic (exact) mass is 392 g/mol. The van der Waals surface area contributed by atoms with Gasteiger partial charge in [-0.15, -0.1) is 0 Å². The quantitative estimate of drug-likeness (QED) is 0.689. The average Bonchev–Trinajstić information content (AvgIpc) is 2.25. The molecule has 0 saturated heterocycles. The van der Waals surface area contributed by atoms with E-state index in [0.29, 0.717) is 4.90 Å². The molecule has 1 aromatic rings. The molecule has 21 heavy (non-hydrogen) atoms. The SMILES string of the molecule is Cc1cc(Br)ccc1S(=O)(=O)CCO[Si](C)(C)C(C)(C)C. The third-order valence-corrected chi connectivity index (χ3v) is 11.0. The van der Waals surface area contributed by atoms with Crippen molar-refractivity contribution >= 4 is 34.1 Å². The van der Waals surface area contributed by atoms with Crippen LogP contribution in [-0.4, -0.2) is 29.1 Å². The molecule has 0 aromatic heterocycles. The molecule has 0 unspecified atom stereocenters. The highest BCUT2D eigenvalue weighted by Crippen LogP contribution is 2.36. The summed E-state index contributed by atoms with van der Waals surface area (Å²) in [6.45, 7) is 12.8. The van der Waals surface area contributed by atoms with Crippen molar-refractivity contribution in [1.82, 2.24) is 0 Å². The van der Waals surface area contributed by atoms with Crippen LogP contribution in [0.1, 0.15) is 26.3 Å². The highest BCUT2D eigenvalue weighted by molar-refractivity contribution is 9.10. The molecule has 0 radical (unpaired) electrons. The Labute approximate surface area is 138 Å². The average molecular weight is 393 g/mol. The minimum atomic E-state index is -3.30. The number of rotatable bonds is 5. The van der Waals surface area contributed by atoms with Crippen LogP contribution in [0.4, 0.5) is 0 Å². The van der Waals surface area contributed by atoms with Crippen molar-refractivity contribution in [3.8, 4) is 0 Å². The minimum Gasteiger partial charge on any atom is -0.416 e. The van der Waals surface area contributed by atoms with Gasteiger partial charge in [0, 0.05) is 11.1 Å². The van der Waals surface area contributed by atoms with Crippen molar-refractivity contribution in [2.75, 3.05) is 12.4 Å². The van der Waals surface area contributed by atoms with E-state index in [4.69, 9.17) is 4.43 Å². The molecule has 3 nitrogen and oxygen atoms in total. The smallest absolute Gasteiger partial charge is 0.192 e. The summed E-state index contributed by atoms with van der Waals surface area (Å²) >= 11 is 3.35. The molecule has 1 rings (SSSR count). The van der Waals surface area contributed by atoms with Crippen LogP contribution in [0.25, 0.3) is 0 Å². The summed E-state index contributed by atoms with van der Waals surface area (Å²) in [5.74, 6) is 0.0297. The van der Waals surface area contributed by atoms with E-state index in [-0.39, 0.29) is 17.4 Å². The number of hydrogen-bond donors (Lipinski definition) is 0. The lowest BCUT2D eigenvalue weighted by atomic mass is 10.2. The molecule has 0 aliphatic heterocycles. The normalized spacial score (nSPS) is 13.5. The first-order chi connectivity index (χ1) is 9.37. The van der Waals surface area contributed by atoms with Gasteiger partial charge in [-0.25, -0.2) is 8.42 Å². The van der Waals surface area contributed by atoms with E-state index in [2.05, 4.69) is 49.8 Å². The van der Waals surface area contributed by atoms with E-state index >= 15 is 0 Å². The summed E-state index contributed by atoms with van der Waals surface area (Å²) in [6.07, 6.45) is 0. The molecule has 0 amide bonds. The summed E-state index contributed by atoms with van der Waals surface area (Å²) in [5.41, 5.74) is 0.761. The highest BCUT2D eigenvalue weighted by Gasteiger charge is 2.37. The van der Waals surface area contributed by atoms with Crippen LogP contribution >= 0.6 is 15.9 Å². The molecular weight excluding hydrogens is 368 g/mol.